The van der Waals surface area contributed by atoms with Crippen LogP contribution < -0.4 is 9.47 Å². The van der Waals surface area contributed by atoms with Crippen LogP contribution in [0.3, 0.4) is 0 Å². The normalized spacial score (nSPS) is 11.8. The lowest BCUT2D eigenvalue weighted by Gasteiger charge is -2.14. The van der Waals surface area contributed by atoms with Crippen molar-refractivity contribution >= 4 is 28.8 Å². The van der Waals surface area contributed by atoms with E-state index in [0.29, 0.717) is 33.9 Å². The third-order valence-corrected chi connectivity index (χ3v) is 6.07. The van der Waals surface area contributed by atoms with Crippen molar-refractivity contribution in [3.63, 3.8) is 0 Å². The van der Waals surface area contributed by atoms with Gasteiger partial charge in [-0.25, -0.2) is 4.98 Å². The highest BCUT2D eigenvalue weighted by Crippen LogP contribution is 2.36. The molecule has 0 amide bonds. The second kappa shape index (κ2) is 9.36. The molecule has 5 aromatic rings. The molecule has 0 radical (unpaired) electrons. The molecule has 0 fully saturated rings. The molecule has 8 heteroatoms. The molecule has 0 unspecified atom stereocenters. The van der Waals surface area contributed by atoms with Crippen molar-refractivity contribution in [2.24, 2.45) is 0 Å². The Kier molecular flexibility index (Phi) is 6.06. The smallest absolute Gasteiger partial charge is 0.416 e. The summed E-state index contributed by atoms with van der Waals surface area (Å²) in [5.41, 5.74) is 3.17. The van der Waals surface area contributed by atoms with Crippen LogP contribution in [0.4, 0.5) is 13.2 Å². The molecule has 0 aliphatic rings. The third-order valence-electron chi connectivity index (χ3n) is 6.07. The van der Waals surface area contributed by atoms with Crippen LogP contribution >= 0.6 is 0 Å². The topological polar surface area (TPSA) is 59.5 Å². The third kappa shape index (κ3) is 4.36. The number of benzene rings is 3. The van der Waals surface area contributed by atoms with Gasteiger partial charge in [0.25, 0.3) is 0 Å². The van der Waals surface area contributed by atoms with Crippen molar-refractivity contribution in [2.75, 3.05) is 14.2 Å². The average molecular weight is 499 g/mol. The van der Waals surface area contributed by atoms with Crippen LogP contribution in [-0.4, -0.2) is 23.6 Å². The van der Waals surface area contributed by atoms with Gasteiger partial charge in [0.05, 0.1) is 36.5 Å². The van der Waals surface area contributed by atoms with Crippen molar-refractivity contribution in [1.29, 1.82) is 5.26 Å². The summed E-state index contributed by atoms with van der Waals surface area (Å²) in [7, 11) is 3.09. The largest absolute Gasteiger partial charge is 0.497 e. The van der Waals surface area contributed by atoms with Crippen LogP contribution in [0.1, 0.15) is 22.3 Å². The molecule has 5 rings (SSSR count). The van der Waals surface area contributed by atoms with Gasteiger partial charge in [0, 0.05) is 11.6 Å². The summed E-state index contributed by atoms with van der Waals surface area (Å²) in [5.74, 6) is 1.12. The first kappa shape index (κ1) is 23.9. The van der Waals surface area contributed by atoms with Gasteiger partial charge >= 0.3 is 6.18 Å². The zero-order valence-electron chi connectivity index (χ0n) is 19.9. The van der Waals surface area contributed by atoms with Gasteiger partial charge in [-0.3, -0.25) is 4.40 Å². The molecule has 2 aromatic heterocycles. The van der Waals surface area contributed by atoms with E-state index in [-0.39, 0.29) is 11.1 Å². The molecule has 0 bridgehead atoms. The lowest BCUT2D eigenvalue weighted by atomic mass is 10.0. The van der Waals surface area contributed by atoms with Gasteiger partial charge in [0.1, 0.15) is 23.1 Å². The fourth-order valence-corrected chi connectivity index (χ4v) is 4.34. The van der Waals surface area contributed by atoms with Crippen molar-refractivity contribution in [3.05, 3.63) is 95.1 Å². The monoisotopic (exact) mass is 499 g/mol. The number of para-hydroxylation sites is 2. The second-order valence-corrected chi connectivity index (χ2v) is 8.25. The molecule has 2 heterocycles. The van der Waals surface area contributed by atoms with Crippen molar-refractivity contribution in [1.82, 2.24) is 9.38 Å². The summed E-state index contributed by atoms with van der Waals surface area (Å²) in [6.07, 6.45) is -1.62. The Morgan fingerprint density at radius 3 is 2.19 bits per heavy atom. The highest BCUT2D eigenvalue weighted by Gasteiger charge is 2.32. The van der Waals surface area contributed by atoms with Crippen LogP contribution in [0.15, 0.2) is 72.8 Å². The first-order valence-electron chi connectivity index (χ1n) is 11.3. The van der Waals surface area contributed by atoms with E-state index in [1.54, 1.807) is 32.4 Å². The standard InChI is InChI=1S/C29H20F3N3O2/c1-36-21-13-20(14-22(16-21)37-2)27-15-19(12-11-18-7-3-4-8-24(18)29(30,31)32)23(17-33)28-34-25-9-5-6-10-26(25)35(27)28/h3-16H,1-2H3/b12-11+. The van der Waals surface area contributed by atoms with Crippen molar-refractivity contribution < 1.29 is 22.6 Å². The minimum absolute atomic E-state index is 0.00290. The summed E-state index contributed by atoms with van der Waals surface area (Å²) in [5, 5.41) is 10.1. The van der Waals surface area contributed by atoms with Gasteiger partial charge in [0.15, 0.2) is 5.65 Å². The molecular weight excluding hydrogens is 479 g/mol. The first-order chi connectivity index (χ1) is 17.8. The molecule has 0 aliphatic carbocycles. The molecule has 0 saturated heterocycles. The van der Waals surface area contributed by atoms with E-state index in [2.05, 4.69) is 6.07 Å². The molecule has 0 saturated carbocycles. The van der Waals surface area contributed by atoms with E-state index in [9.17, 15) is 18.4 Å². The number of methoxy groups -OCH3 is 2. The zero-order chi connectivity index (χ0) is 26.2. The Bertz CT molecular complexity index is 1690. The van der Waals surface area contributed by atoms with Crippen LogP contribution in [0.25, 0.3) is 40.1 Å². The predicted octanol–water partition coefficient (Wildman–Crippen LogP) is 7.23. The lowest BCUT2D eigenvalue weighted by molar-refractivity contribution is -0.137. The Balaban J connectivity index is 1.81. The number of fused-ring (bicyclic) bond motifs is 3. The van der Waals surface area contributed by atoms with Gasteiger partial charge in [-0.05, 0) is 47.5 Å². The highest BCUT2D eigenvalue weighted by molar-refractivity contribution is 5.89. The number of nitriles is 1. The van der Waals surface area contributed by atoms with Crippen LogP contribution in [0.2, 0.25) is 0 Å². The van der Waals surface area contributed by atoms with Crippen LogP contribution in [0, 0.1) is 11.3 Å². The maximum atomic E-state index is 13.6. The van der Waals surface area contributed by atoms with Gasteiger partial charge in [-0.1, -0.05) is 42.5 Å². The minimum Gasteiger partial charge on any atom is -0.497 e. The SMILES string of the molecule is COc1cc(OC)cc(-c2cc(/C=C/c3ccccc3C(F)(F)F)c(C#N)c3nc4ccccc4n23)c1. The highest BCUT2D eigenvalue weighted by atomic mass is 19.4. The predicted molar refractivity (Wildman–Crippen MR) is 136 cm³/mol. The number of hydrogen-bond donors (Lipinski definition) is 0. The lowest BCUT2D eigenvalue weighted by Crippen LogP contribution is -2.06. The van der Waals surface area contributed by atoms with Crippen molar-refractivity contribution in [3.8, 4) is 28.8 Å². The zero-order valence-corrected chi connectivity index (χ0v) is 19.9. The fourth-order valence-electron chi connectivity index (χ4n) is 4.34. The molecule has 184 valence electrons. The van der Waals surface area contributed by atoms with Crippen LogP contribution in [-0.2, 0) is 6.18 Å². The first-order valence-corrected chi connectivity index (χ1v) is 11.3. The van der Waals surface area contributed by atoms with E-state index in [0.717, 1.165) is 17.1 Å². The van der Waals surface area contributed by atoms with Crippen molar-refractivity contribution in [2.45, 2.75) is 6.18 Å². The van der Waals surface area contributed by atoms with E-state index < -0.39 is 11.7 Å². The number of imidazole rings is 1. The Morgan fingerprint density at radius 2 is 1.51 bits per heavy atom. The fraction of sp³-hybridized carbons (Fsp3) is 0.103. The summed E-state index contributed by atoms with van der Waals surface area (Å²) in [6.45, 7) is 0. The summed E-state index contributed by atoms with van der Waals surface area (Å²) in [6, 6.07) is 22.1. The van der Waals surface area contributed by atoms with E-state index in [1.807, 2.05) is 40.8 Å². The quantitative estimate of drug-likeness (QED) is 0.256. The molecule has 5 nitrogen and oxygen atoms in total. The number of hydrogen-bond acceptors (Lipinski definition) is 4. The number of aromatic nitrogens is 2. The number of rotatable bonds is 5. The average Bonchev–Trinajstić information content (AvgIpc) is 3.30. The molecule has 37 heavy (non-hydrogen) atoms. The molecule has 3 aromatic carbocycles. The number of alkyl halides is 3. The second-order valence-electron chi connectivity index (χ2n) is 8.25. The van der Waals surface area contributed by atoms with Gasteiger partial charge in [0.2, 0.25) is 0 Å². The Labute approximate surface area is 210 Å². The molecule has 0 spiro atoms. The van der Waals surface area contributed by atoms with E-state index >= 15 is 0 Å². The molecule has 0 aliphatic heterocycles. The maximum Gasteiger partial charge on any atom is 0.416 e. The number of ether oxygens (including phenoxy) is 2. The Hall–Kier alpha value is -4.77. The summed E-state index contributed by atoms with van der Waals surface area (Å²) < 4.78 is 53.4. The number of nitrogens with zero attached hydrogens (tertiary/aromatic N) is 3. The van der Waals surface area contributed by atoms with Gasteiger partial charge < -0.3 is 9.47 Å². The maximum absolute atomic E-state index is 13.6. The van der Waals surface area contributed by atoms with Crippen LogP contribution in [0.5, 0.6) is 11.5 Å². The molecular formula is C29H20F3N3O2. The van der Waals surface area contributed by atoms with Gasteiger partial charge in [-0.2, -0.15) is 18.4 Å². The minimum atomic E-state index is -4.51. The Morgan fingerprint density at radius 1 is 0.865 bits per heavy atom. The van der Waals surface area contributed by atoms with Gasteiger partial charge in [-0.15, -0.1) is 0 Å². The molecule has 0 atom stereocenters. The number of pyridine rings is 1. The summed E-state index contributed by atoms with van der Waals surface area (Å²) >= 11 is 0. The molecule has 0 N–H and O–H groups in total. The number of halogens is 3. The summed E-state index contributed by atoms with van der Waals surface area (Å²) in [4.78, 5) is 4.69. The van der Waals surface area contributed by atoms with E-state index in [4.69, 9.17) is 14.5 Å². The van der Waals surface area contributed by atoms with E-state index in [1.165, 1.54) is 24.3 Å².